The van der Waals surface area contributed by atoms with Gasteiger partial charge in [-0.05, 0) is 37.8 Å². The Bertz CT molecular complexity index is 841. The second-order valence-electron chi connectivity index (χ2n) is 8.32. The van der Waals surface area contributed by atoms with Crippen LogP contribution in [0.3, 0.4) is 0 Å². The molecular weight excluding hydrogens is 364 g/mol. The molecular formula is C23H30N4O2. The fourth-order valence-electron chi connectivity index (χ4n) is 4.43. The van der Waals surface area contributed by atoms with E-state index in [2.05, 4.69) is 28.0 Å². The third-order valence-corrected chi connectivity index (χ3v) is 6.36. The molecule has 1 saturated carbocycles. The number of nitrogens with zero attached hydrogens (tertiary/aromatic N) is 4. The molecule has 1 aliphatic carbocycles. The van der Waals surface area contributed by atoms with Gasteiger partial charge >= 0.3 is 0 Å². The number of benzene rings is 1. The molecule has 0 spiro atoms. The van der Waals surface area contributed by atoms with E-state index in [1.807, 2.05) is 12.1 Å². The van der Waals surface area contributed by atoms with Gasteiger partial charge in [0.2, 0.25) is 0 Å². The minimum Gasteiger partial charge on any atom is -0.495 e. The Morgan fingerprint density at radius 1 is 0.897 bits per heavy atom. The van der Waals surface area contributed by atoms with Crippen LogP contribution >= 0.6 is 0 Å². The molecule has 0 radical (unpaired) electrons. The van der Waals surface area contributed by atoms with Gasteiger partial charge in [0.05, 0.1) is 12.8 Å². The van der Waals surface area contributed by atoms with Gasteiger partial charge < -0.3 is 19.3 Å². The van der Waals surface area contributed by atoms with E-state index in [1.54, 1.807) is 7.11 Å². The maximum absolute atomic E-state index is 5.56. The molecule has 1 aromatic heterocycles. The molecule has 3 heterocycles. The fraction of sp³-hybridized carbons (Fsp3) is 0.565. The van der Waals surface area contributed by atoms with E-state index in [0.717, 1.165) is 69.6 Å². The van der Waals surface area contributed by atoms with Gasteiger partial charge in [0, 0.05) is 63.0 Å². The van der Waals surface area contributed by atoms with E-state index < -0.39 is 0 Å². The molecule has 0 bridgehead atoms. The van der Waals surface area contributed by atoms with Gasteiger partial charge in [-0.3, -0.25) is 0 Å². The van der Waals surface area contributed by atoms with Gasteiger partial charge in [0.15, 0.2) is 0 Å². The summed E-state index contributed by atoms with van der Waals surface area (Å²) < 4.78 is 11.1. The Hall–Kier alpha value is -2.34. The molecule has 3 fully saturated rings. The van der Waals surface area contributed by atoms with Crippen LogP contribution in [0.4, 0.5) is 11.5 Å². The summed E-state index contributed by atoms with van der Waals surface area (Å²) in [5.74, 6) is 4.21. The van der Waals surface area contributed by atoms with Crippen molar-refractivity contribution in [3.8, 4) is 5.75 Å². The van der Waals surface area contributed by atoms with Gasteiger partial charge in [-0.2, -0.15) is 0 Å². The minimum atomic E-state index is 0.512. The topological polar surface area (TPSA) is 50.7 Å². The van der Waals surface area contributed by atoms with Crippen molar-refractivity contribution in [1.82, 2.24) is 9.97 Å². The van der Waals surface area contributed by atoms with Crippen LogP contribution in [0.1, 0.15) is 49.0 Å². The lowest BCUT2D eigenvalue weighted by Crippen LogP contribution is -2.47. The number of anilines is 2. The van der Waals surface area contributed by atoms with Crippen LogP contribution in [-0.4, -0.2) is 56.5 Å². The first-order chi connectivity index (χ1) is 14.3. The summed E-state index contributed by atoms with van der Waals surface area (Å²) in [5, 5.41) is 0. The van der Waals surface area contributed by atoms with Crippen molar-refractivity contribution in [1.29, 1.82) is 0 Å². The lowest BCUT2D eigenvalue weighted by Gasteiger charge is -2.37. The van der Waals surface area contributed by atoms with Crippen molar-refractivity contribution < 1.29 is 9.47 Å². The predicted octanol–water partition coefficient (Wildman–Crippen LogP) is 3.58. The molecule has 0 atom stereocenters. The highest BCUT2D eigenvalue weighted by atomic mass is 16.5. The van der Waals surface area contributed by atoms with Crippen LogP contribution in [0, 0.1) is 0 Å². The van der Waals surface area contributed by atoms with Gasteiger partial charge in [-0.25, -0.2) is 9.97 Å². The van der Waals surface area contributed by atoms with Crippen LogP contribution in [0.25, 0.3) is 0 Å². The van der Waals surface area contributed by atoms with Crippen molar-refractivity contribution in [3.63, 3.8) is 0 Å². The molecule has 0 N–H and O–H groups in total. The number of aromatic nitrogens is 2. The fourth-order valence-corrected chi connectivity index (χ4v) is 4.43. The quantitative estimate of drug-likeness (QED) is 0.773. The molecule has 5 rings (SSSR count). The van der Waals surface area contributed by atoms with E-state index in [9.17, 15) is 0 Å². The molecule has 2 saturated heterocycles. The maximum Gasteiger partial charge on any atom is 0.142 e. The Kier molecular flexibility index (Phi) is 5.27. The molecule has 2 aromatic rings. The Morgan fingerprint density at radius 2 is 1.62 bits per heavy atom. The smallest absolute Gasteiger partial charge is 0.142 e. The van der Waals surface area contributed by atoms with Gasteiger partial charge in [-0.1, -0.05) is 12.1 Å². The monoisotopic (exact) mass is 394 g/mol. The van der Waals surface area contributed by atoms with Crippen LogP contribution in [0.15, 0.2) is 30.3 Å². The van der Waals surface area contributed by atoms with Crippen molar-refractivity contribution in [2.45, 2.75) is 37.5 Å². The van der Waals surface area contributed by atoms with Gasteiger partial charge in [-0.15, -0.1) is 0 Å². The number of piperazine rings is 1. The lowest BCUT2D eigenvalue weighted by molar-refractivity contribution is 0.0844. The highest BCUT2D eigenvalue weighted by molar-refractivity contribution is 5.59. The number of rotatable bonds is 5. The maximum atomic E-state index is 5.56. The summed E-state index contributed by atoms with van der Waals surface area (Å²) in [6.45, 7) is 5.56. The molecule has 6 heteroatoms. The predicted molar refractivity (Wildman–Crippen MR) is 114 cm³/mol. The number of ether oxygens (including phenoxy) is 2. The third-order valence-electron chi connectivity index (χ3n) is 6.36. The summed E-state index contributed by atoms with van der Waals surface area (Å²) in [6, 6.07) is 10.5. The summed E-state index contributed by atoms with van der Waals surface area (Å²) >= 11 is 0. The summed E-state index contributed by atoms with van der Waals surface area (Å²) in [7, 11) is 1.74. The summed E-state index contributed by atoms with van der Waals surface area (Å²) in [4.78, 5) is 14.8. The molecule has 6 nitrogen and oxygen atoms in total. The van der Waals surface area contributed by atoms with Crippen molar-refractivity contribution in [2.75, 3.05) is 56.3 Å². The van der Waals surface area contributed by atoms with Gasteiger partial charge in [0.25, 0.3) is 0 Å². The number of hydrogen-bond acceptors (Lipinski definition) is 6. The van der Waals surface area contributed by atoms with Gasteiger partial charge in [0.1, 0.15) is 17.4 Å². The van der Waals surface area contributed by atoms with Crippen LogP contribution in [0.5, 0.6) is 5.75 Å². The number of para-hydroxylation sites is 2. The SMILES string of the molecule is COc1ccccc1N1CCN(c2cc(C3CCOCC3)nc(C3CC3)n2)CC1. The minimum absolute atomic E-state index is 0.512. The average Bonchev–Trinajstić information content (AvgIpc) is 3.65. The second-order valence-corrected chi connectivity index (χ2v) is 8.32. The summed E-state index contributed by atoms with van der Waals surface area (Å²) in [6.07, 6.45) is 4.61. The highest BCUT2D eigenvalue weighted by Crippen LogP contribution is 2.40. The van der Waals surface area contributed by atoms with Crippen molar-refractivity contribution >= 4 is 11.5 Å². The average molecular weight is 395 g/mol. The normalized spacial score (nSPS) is 20.7. The van der Waals surface area contributed by atoms with E-state index in [1.165, 1.54) is 24.2 Å². The van der Waals surface area contributed by atoms with E-state index in [-0.39, 0.29) is 0 Å². The zero-order chi connectivity index (χ0) is 19.6. The molecule has 29 heavy (non-hydrogen) atoms. The van der Waals surface area contributed by atoms with E-state index in [4.69, 9.17) is 19.4 Å². The van der Waals surface area contributed by atoms with Crippen molar-refractivity contribution in [2.24, 2.45) is 0 Å². The Labute approximate surface area is 172 Å². The van der Waals surface area contributed by atoms with E-state index >= 15 is 0 Å². The standard InChI is InChI=1S/C23H30N4O2/c1-28-21-5-3-2-4-20(21)26-10-12-27(13-11-26)22-16-19(17-8-14-29-15-9-17)24-23(25-22)18-6-7-18/h2-5,16-18H,6-15H2,1H3. The van der Waals surface area contributed by atoms with E-state index in [0.29, 0.717) is 11.8 Å². The zero-order valence-corrected chi connectivity index (χ0v) is 17.2. The van der Waals surface area contributed by atoms with Crippen LogP contribution in [-0.2, 0) is 4.74 Å². The number of hydrogen-bond donors (Lipinski definition) is 0. The number of methoxy groups -OCH3 is 1. The summed E-state index contributed by atoms with van der Waals surface area (Å²) in [5.41, 5.74) is 2.41. The molecule has 0 unspecified atom stereocenters. The Morgan fingerprint density at radius 3 is 2.34 bits per heavy atom. The lowest BCUT2D eigenvalue weighted by atomic mass is 9.96. The second kappa shape index (κ2) is 8.19. The molecule has 1 aromatic carbocycles. The molecule has 154 valence electrons. The molecule has 2 aliphatic heterocycles. The largest absolute Gasteiger partial charge is 0.495 e. The molecule has 3 aliphatic rings. The first-order valence-electron chi connectivity index (χ1n) is 10.9. The van der Waals surface area contributed by atoms with Crippen molar-refractivity contribution in [3.05, 3.63) is 41.9 Å². The first kappa shape index (κ1) is 18.7. The highest BCUT2D eigenvalue weighted by Gasteiger charge is 2.30. The van der Waals surface area contributed by atoms with Crippen LogP contribution in [0.2, 0.25) is 0 Å². The Balaban J connectivity index is 1.34. The third kappa shape index (κ3) is 4.04. The zero-order valence-electron chi connectivity index (χ0n) is 17.2. The van der Waals surface area contributed by atoms with Crippen LogP contribution < -0.4 is 14.5 Å². The molecule has 0 amide bonds. The first-order valence-corrected chi connectivity index (χ1v) is 10.9.